The third-order valence-corrected chi connectivity index (χ3v) is 5.24. The fraction of sp³-hybridized carbons (Fsp3) is 0.474. The lowest BCUT2D eigenvalue weighted by atomic mass is 9.75. The average Bonchev–Trinajstić information content (AvgIpc) is 2.64. The van der Waals surface area contributed by atoms with Crippen LogP contribution in [0, 0.1) is 5.41 Å². The lowest BCUT2D eigenvalue weighted by molar-refractivity contribution is 0.0872. The van der Waals surface area contributed by atoms with E-state index in [4.69, 9.17) is 0 Å². The van der Waals surface area contributed by atoms with Crippen molar-refractivity contribution in [2.45, 2.75) is 25.7 Å². The van der Waals surface area contributed by atoms with Crippen LogP contribution in [0.1, 0.15) is 24.8 Å². The van der Waals surface area contributed by atoms with E-state index in [1.807, 2.05) is 6.07 Å². The molecule has 1 saturated heterocycles. The zero-order valence-corrected chi connectivity index (χ0v) is 14.2. The molecule has 0 amide bonds. The van der Waals surface area contributed by atoms with Crippen molar-refractivity contribution in [3.05, 3.63) is 58.6 Å². The maximum Gasteiger partial charge on any atom is 0.293 e. The van der Waals surface area contributed by atoms with Crippen LogP contribution in [0.15, 0.2) is 47.5 Å². The Labute approximate surface area is 142 Å². The van der Waals surface area contributed by atoms with Crippen LogP contribution in [0.25, 0.3) is 0 Å². The first-order valence-electron chi connectivity index (χ1n) is 8.55. The third kappa shape index (κ3) is 3.51. The molecule has 24 heavy (non-hydrogen) atoms. The van der Waals surface area contributed by atoms with Gasteiger partial charge in [0, 0.05) is 39.1 Å². The number of benzene rings is 1. The van der Waals surface area contributed by atoms with Crippen LogP contribution in [0.4, 0.5) is 5.82 Å². The van der Waals surface area contributed by atoms with Crippen LogP contribution in [0.2, 0.25) is 0 Å². The highest BCUT2D eigenvalue weighted by molar-refractivity contribution is 5.36. The van der Waals surface area contributed by atoms with Crippen LogP contribution < -0.4 is 10.5 Å². The van der Waals surface area contributed by atoms with Crippen LogP contribution in [-0.2, 0) is 13.5 Å². The summed E-state index contributed by atoms with van der Waals surface area (Å²) in [6, 6.07) is 10.4. The van der Waals surface area contributed by atoms with Gasteiger partial charge >= 0.3 is 0 Å². The van der Waals surface area contributed by atoms with Crippen molar-refractivity contribution in [2.24, 2.45) is 12.5 Å². The molecule has 128 valence electrons. The second-order valence-corrected chi connectivity index (χ2v) is 6.80. The maximum absolute atomic E-state index is 12.2. The molecule has 5 heteroatoms. The van der Waals surface area contributed by atoms with Gasteiger partial charge in [-0.1, -0.05) is 30.3 Å². The first kappa shape index (κ1) is 16.7. The van der Waals surface area contributed by atoms with E-state index in [1.54, 1.807) is 24.0 Å². The van der Waals surface area contributed by atoms with Crippen molar-refractivity contribution >= 4 is 5.82 Å². The zero-order chi connectivity index (χ0) is 17.0. The quantitative estimate of drug-likeness (QED) is 0.912. The molecule has 2 aromatic rings. The van der Waals surface area contributed by atoms with Crippen molar-refractivity contribution in [3.8, 4) is 0 Å². The average molecular weight is 327 g/mol. The summed E-state index contributed by atoms with van der Waals surface area (Å²) < 4.78 is 1.56. The standard InChI is InChI=1S/C19H25N3O2/c1-21-14-11-20-17(18(21)24)22-12-9-19(15-23,10-13-22)8-7-16-5-3-2-4-6-16/h2-6,11,14,23H,7-10,12-13,15H2,1H3. The van der Waals surface area contributed by atoms with Crippen LogP contribution >= 0.6 is 0 Å². The van der Waals surface area contributed by atoms with E-state index in [0.29, 0.717) is 5.82 Å². The fourth-order valence-electron chi connectivity index (χ4n) is 3.44. The van der Waals surface area contributed by atoms with E-state index >= 15 is 0 Å². The van der Waals surface area contributed by atoms with Crippen LogP contribution in [-0.4, -0.2) is 34.4 Å². The first-order chi connectivity index (χ1) is 11.6. The molecule has 2 heterocycles. The Balaban J connectivity index is 1.65. The summed E-state index contributed by atoms with van der Waals surface area (Å²) in [6.45, 7) is 1.73. The number of aliphatic hydroxyl groups is 1. The molecule has 0 radical (unpaired) electrons. The summed E-state index contributed by atoms with van der Waals surface area (Å²) in [7, 11) is 1.75. The Bertz CT molecular complexity index is 719. The van der Waals surface area contributed by atoms with Crippen LogP contribution in [0.3, 0.4) is 0 Å². The molecule has 5 nitrogen and oxygen atoms in total. The molecule has 0 saturated carbocycles. The van der Waals surface area contributed by atoms with Gasteiger partial charge in [-0.2, -0.15) is 0 Å². The monoisotopic (exact) mass is 327 g/mol. The second kappa shape index (κ2) is 7.18. The van der Waals surface area contributed by atoms with Crippen molar-refractivity contribution in [2.75, 3.05) is 24.6 Å². The number of aromatic nitrogens is 2. The summed E-state index contributed by atoms with van der Waals surface area (Å²) >= 11 is 0. The molecule has 1 aliphatic rings. The highest BCUT2D eigenvalue weighted by Crippen LogP contribution is 2.36. The number of anilines is 1. The highest BCUT2D eigenvalue weighted by atomic mass is 16.3. The maximum atomic E-state index is 12.2. The molecule has 0 atom stereocenters. The van der Waals surface area contributed by atoms with Gasteiger partial charge in [0.15, 0.2) is 5.82 Å². The van der Waals surface area contributed by atoms with Gasteiger partial charge in [-0.25, -0.2) is 4.98 Å². The highest BCUT2D eigenvalue weighted by Gasteiger charge is 2.34. The van der Waals surface area contributed by atoms with Gasteiger partial charge in [-0.05, 0) is 36.7 Å². The predicted octanol–water partition coefficient (Wildman–Crippen LogP) is 1.99. The lowest BCUT2D eigenvalue weighted by Gasteiger charge is -2.41. The molecule has 1 N–H and O–H groups in total. The van der Waals surface area contributed by atoms with Crippen molar-refractivity contribution in [1.29, 1.82) is 0 Å². The molecule has 3 rings (SSSR count). The Morgan fingerprint density at radius 1 is 1.21 bits per heavy atom. The minimum atomic E-state index is -0.0571. The van der Waals surface area contributed by atoms with Crippen LogP contribution in [0.5, 0.6) is 0 Å². The Kier molecular flexibility index (Phi) is 5.00. The largest absolute Gasteiger partial charge is 0.396 e. The Hall–Kier alpha value is -2.14. The third-order valence-electron chi connectivity index (χ3n) is 5.24. The Morgan fingerprint density at radius 2 is 1.92 bits per heavy atom. The molecule has 0 spiro atoms. The van der Waals surface area contributed by atoms with Gasteiger partial charge in [-0.15, -0.1) is 0 Å². The number of aryl methyl sites for hydroxylation is 2. The molecule has 1 aromatic carbocycles. The van der Waals surface area contributed by atoms with E-state index in [1.165, 1.54) is 5.56 Å². The summed E-state index contributed by atoms with van der Waals surface area (Å²) in [5, 5.41) is 9.98. The molecule has 1 aliphatic heterocycles. The van der Waals surface area contributed by atoms with Gasteiger partial charge < -0.3 is 14.6 Å². The fourth-order valence-corrected chi connectivity index (χ4v) is 3.44. The molecule has 0 bridgehead atoms. The number of hydrogen-bond donors (Lipinski definition) is 1. The number of aliphatic hydroxyl groups excluding tert-OH is 1. The van der Waals surface area contributed by atoms with Gasteiger partial charge in [-0.3, -0.25) is 4.79 Å². The van der Waals surface area contributed by atoms with Gasteiger partial charge in [0.05, 0.1) is 0 Å². The zero-order valence-electron chi connectivity index (χ0n) is 14.2. The topological polar surface area (TPSA) is 58.4 Å². The summed E-state index contributed by atoms with van der Waals surface area (Å²) in [5.74, 6) is 0.523. The molecular formula is C19H25N3O2. The Morgan fingerprint density at radius 3 is 2.58 bits per heavy atom. The molecule has 1 aromatic heterocycles. The first-order valence-corrected chi connectivity index (χ1v) is 8.55. The van der Waals surface area contributed by atoms with Crippen molar-refractivity contribution in [3.63, 3.8) is 0 Å². The smallest absolute Gasteiger partial charge is 0.293 e. The number of piperidine rings is 1. The predicted molar refractivity (Wildman–Crippen MR) is 95.2 cm³/mol. The van der Waals surface area contributed by atoms with Crippen molar-refractivity contribution < 1.29 is 5.11 Å². The van der Waals surface area contributed by atoms with Crippen molar-refractivity contribution in [1.82, 2.24) is 9.55 Å². The summed E-state index contributed by atoms with van der Waals surface area (Å²) in [6.07, 6.45) is 7.06. The molecule has 0 unspecified atom stereocenters. The number of nitrogens with zero attached hydrogens (tertiary/aromatic N) is 3. The minimum Gasteiger partial charge on any atom is -0.396 e. The normalized spacial score (nSPS) is 17.0. The van der Waals surface area contributed by atoms with Gasteiger partial charge in [0.2, 0.25) is 0 Å². The summed E-state index contributed by atoms with van der Waals surface area (Å²) in [5.41, 5.74) is 1.21. The van der Waals surface area contributed by atoms with E-state index in [0.717, 1.165) is 38.8 Å². The summed E-state index contributed by atoms with van der Waals surface area (Å²) in [4.78, 5) is 18.5. The van der Waals surface area contributed by atoms with E-state index in [-0.39, 0.29) is 17.6 Å². The SMILES string of the molecule is Cn1ccnc(N2CCC(CO)(CCc3ccccc3)CC2)c1=O. The molecular weight excluding hydrogens is 302 g/mol. The second-order valence-electron chi connectivity index (χ2n) is 6.80. The minimum absolute atomic E-state index is 0.0492. The van der Waals surface area contributed by atoms with E-state index < -0.39 is 0 Å². The number of hydrogen-bond acceptors (Lipinski definition) is 4. The van der Waals surface area contributed by atoms with E-state index in [9.17, 15) is 9.90 Å². The molecule has 0 aliphatic carbocycles. The molecule has 1 fully saturated rings. The van der Waals surface area contributed by atoms with Gasteiger partial charge in [0.25, 0.3) is 5.56 Å². The van der Waals surface area contributed by atoms with E-state index in [2.05, 4.69) is 34.1 Å². The van der Waals surface area contributed by atoms with Gasteiger partial charge in [0.1, 0.15) is 0 Å². The lowest BCUT2D eigenvalue weighted by Crippen LogP contribution is -2.44. The number of rotatable bonds is 5.